The first-order chi connectivity index (χ1) is 19.7. The van der Waals surface area contributed by atoms with Crippen LogP contribution in [0.25, 0.3) is 0 Å². The van der Waals surface area contributed by atoms with Gasteiger partial charge in [-0.1, -0.05) is 74.6 Å². The third kappa shape index (κ3) is 8.01. The van der Waals surface area contributed by atoms with E-state index in [0.29, 0.717) is 24.4 Å². The molecule has 40 heavy (non-hydrogen) atoms. The largest absolute Gasteiger partial charge is 0.495 e. The highest BCUT2D eigenvalue weighted by Crippen LogP contribution is 2.32. The van der Waals surface area contributed by atoms with E-state index in [1.807, 2.05) is 6.07 Å². The Balaban J connectivity index is 1.19. The van der Waals surface area contributed by atoms with E-state index < -0.39 is 0 Å². The number of piperidine rings is 1. The van der Waals surface area contributed by atoms with Crippen molar-refractivity contribution < 1.29 is 9.53 Å². The van der Waals surface area contributed by atoms with Crippen LogP contribution in [0.3, 0.4) is 0 Å². The molecular formula is C34H50N4O2. The fourth-order valence-corrected chi connectivity index (χ4v) is 7.25. The number of carbonyl (C=O) groups is 1. The number of rotatable bonds is 9. The first kappa shape index (κ1) is 28.9. The van der Waals surface area contributed by atoms with Gasteiger partial charge < -0.3 is 15.0 Å². The van der Waals surface area contributed by atoms with E-state index >= 15 is 0 Å². The average molecular weight is 547 g/mol. The molecule has 5 rings (SSSR count). The second-order valence-corrected chi connectivity index (χ2v) is 12.2. The monoisotopic (exact) mass is 546 g/mol. The molecule has 3 fully saturated rings. The van der Waals surface area contributed by atoms with E-state index in [1.54, 1.807) is 7.11 Å². The maximum absolute atomic E-state index is 13.1. The predicted molar refractivity (Wildman–Crippen MR) is 164 cm³/mol. The number of likely N-dealkylation sites (tertiary alicyclic amines) is 1. The number of benzene rings is 2. The van der Waals surface area contributed by atoms with Crippen molar-refractivity contribution in [1.82, 2.24) is 15.1 Å². The number of nitrogens with one attached hydrogen (secondary N) is 1. The molecular weight excluding hydrogens is 496 g/mol. The summed E-state index contributed by atoms with van der Waals surface area (Å²) in [6, 6.07) is 20.1. The molecule has 2 aromatic rings. The zero-order chi connectivity index (χ0) is 27.6. The number of hydrogen-bond donors (Lipinski definition) is 1. The number of hydrogen-bond acceptors (Lipinski definition) is 5. The second kappa shape index (κ2) is 14.9. The number of nitrogens with zero attached hydrogens (tertiary/aromatic N) is 3. The molecule has 2 aliphatic heterocycles. The van der Waals surface area contributed by atoms with Crippen molar-refractivity contribution in [3.63, 3.8) is 0 Å². The SMILES string of the molecule is COc1ccccc1N1CCN([C@@H]2CCN(Cc3ccccc3)C[C@@H]2CCC(=O)NC2CCCCCCC2)CC1. The fourth-order valence-electron chi connectivity index (χ4n) is 7.25. The van der Waals surface area contributed by atoms with Gasteiger partial charge in [-0.15, -0.1) is 0 Å². The Morgan fingerprint density at radius 1 is 0.850 bits per heavy atom. The van der Waals surface area contributed by atoms with Crippen LogP contribution in [0.2, 0.25) is 0 Å². The normalized spacial score (nSPS) is 23.8. The van der Waals surface area contributed by atoms with Crippen LogP contribution in [0.1, 0.15) is 69.8 Å². The highest BCUT2D eigenvalue weighted by Gasteiger charge is 2.35. The summed E-state index contributed by atoms with van der Waals surface area (Å²) < 4.78 is 5.64. The third-order valence-electron chi connectivity index (χ3n) is 9.45. The minimum absolute atomic E-state index is 0.269. The first-order valence-corrected chi connectivity index (χ1v) is 15.9. The quantitative estimate of drug-likeness (QED) is 0.436. The summed E-state index contributed by atoms with van der Waals surface area (Å²) in [5.74, 6) is 1.74. The fraction of sp³-hybridized carbons (Fsp3) is 0.618. The molecule has 0 radical (unpaired) electrons. The molecule has 2 atom stereocenters. The van der Waals surface area contributed by atoms with E-state index in [4.69, 9.17) is 4.74 Å². The number of piperazine rings is 1. The van der Waals surface area contributed by atoms with E-state index in [0.717, 1.165) is 70.8 Å². The Kier molecular flexibility index (Phi) is 10.8. The van der Waals surface area contributed by atoms with Gasteiger partial charge in [0.2, 0.25) is 5.91 Å². The van der Waals surface area contributed by atoms with Crippen LogP contribution in [0.15, 0.2) is 54.6 Å². The molecule has 1 saturated carbocycles. The van der Waals surface area contributed by atoms with Gasteiger partial charge in [-0.2, -0.15) is 0 Å². The van der Waals surface area contributed by atoms with Crippen LogP contribution >= 0.6 is 0 Å². The smallest absolute Gasteiger partial charge is 0.220 e. The summed E-state index contributed by atoms with van der Waals surface area (Å²) in [5, 5.41) is 3.42. The highest BCUT2D eigenvalue weighted by molar-refractivity contribution is 5.76. The average Bonchev–Trinajstić information content (AvgIpc) is 2.98. The van der Waals surface area contributed by atoms with Crippen LogP contribution in [0.4, 0.5) is 5.69 Å². The van der Waals surface area contributed by atoms with Gasteiger partial charge in [0.15, 0.2) is 0 Å². The van der Waals surface area contributed by atoms with Crippen molar-refractivity contribution in [2.45, 2.75) is 82.8 Å². The molecule has 0 unspecified atom stereocenters. The minimum atomic E-state index is 0.269. The summed E-state index contributed by atoms with van der Waals surface area (Å²) in [4.78, 5) is 20.9. The van der Waals surface area contributed by atoms with E-state index in [2.05, 4.69) is 68.5 Å². The number of amides is 1. The van der Waals surface area contributed by atoms with Gasteiger partial charge in [-0.3, -0.25) is 14.6 Å². The highest BCUT2D eigenvalue weighted by atomic mass is 16.5. The zero-order valence-electron chi connectivity index (χ0n) is 24.6. The number of carbonyl (C=O) groups excluding carboxylic acids is 1. The molecule has 1 N–H and O–H groups in total. The number of methoxy groups -OCH3 is 1. The van der Waals surface area contributed by atoms with Crippen molar-refractivity contribution in [1.29, 1.82) is 0 Å². The van der Waals surface area contributed by atoms with Crippen molar-refractivity contribution >= 4 is 11.6 Å². The molecule has 1 aliphatic carbocycles. The topological polar surface area (TPSA) is 48.1 Å². The van der Waals surface area contributed by atoms with Crippen molar-refractivity contribution in [2.24, 2.45) is 5.92 Å². The van der Waals surface area contributed by atoms with Gasteiger partial charge in [-0.25, -0.2) is 0 Å². The van der Waals surface area contributed by atoms with Gasteiger partial charge in [0.05, 0.1) is 12.8 Å². The van der Waals surface area contributed by atoms with Crippen molar-refractivity contribution in [3.8, 4) is 5.75 Å². The second-order valence-electron chi connectivity index (χ2n) is 12.2. The maximum Gasteiger partial charge on any atom is 0.220 e. The molecule has 0 bridgehead atoms. The first-order valence-electron chi connectivity index (χ1n) is 15.9. The third-order valence-corrected chi connectivity index (χ3v) is 9.45. The Hall–Kier alpha value is -2.57. The van der Waals surface area contributed by atoms with Gasteiger partial charge in [-0.05, 0) is 55.8 Å². The Bertz CT molecular complexity index is 1030. The lowest BCUT2D eigenvalue weighted by Gasteiger charge is -2.47. The lowest BCUT2D eigenvalue weighted by atomic mass is 9.86. The Morgan fingerprint density at radius 3 is 2.30 bits per heavy atom. The van der Waals surface area contributed by atoms with Gasteiger partial charge >= 0.3 is 0 Å². The molecule has 6 heteroatoms. The predicted octanol–water partition coefficient (Wildman–Crippen LogP) is 5.72. The van der Waals surface area contributed by atoms with Crippen molar-refractivity contribution in [3.05, 3.63) is 60.2 Å². The summed E-state index contributed by atoms with van der Waals surface area (Å²) in [6.45, 7) is 7.34. The molecule has 3 aliphatic rings. The lowest BCUT2D eigenvalue weighted by molar-refractivity contribution is -0.122. The number of anilines is 1. The standard InChI is InChI=1S/C34H50N4O2/c1-40-33-17-11-10-16-32(33)38-24-22-37(23-25-38)31-20-21-36(26-28-12-6-5-7-13-28)27-29(31)18-19-34(39)35-30-14-8-3-2-4-9-15-30/h5-7,10-13,16-17,29-31H,2-4,8-9,14-15,18-27H2,1H3,(H,35,39)/t29-,31+/m0/s1. The van der Waals surface area contributed by atoms with Crippen LogP contribution in [0, 0.1) is 5.92 Å². The zero-order valence-corrected chi connectivity index (χ0v) is 24.6. The maximum atomic E-state index is 13.1. The molecule has 0 spiro atoms. The van der Waals surface area contributed by atoms with Gasteiger partial charge in [0.1, 0.15) is 5.75 Å². The van der Waals surface area contributed by atoms with Crippen LogP contribution in [-0.4, -0.2) is 74.2 Å². The van der Waals surface area contributed by atoms with Gasteiger partial charge in [0, 0.05) is 57.8 Å². The number of para-hydroxylation sites is 2. The molecule has 2 aromatic carbocycles. The van der Waals surface area contributed by atoms with Crippen LogP contribution in [0.5, 0.6) is 5.75 Å². The summed E-state index contributed by atoms with van der Waals surface area (Å²) in [6.07, 6.45) is 11.6. The van der Waals surface area contributed by atoms with Gasteiger partial charge in [0.25, 0.3) is 0 Å². The minimum Gasteiger partial charge on any atom is -0.495 e. The molecule has 0 aromatic heterocycles. The number of ether oxygens (including phenoxy) is 1. The van der Waals surface area contributed by atoms with Crippen molar-refractivity contribution in [2.75, 3.05) is 51.3 Å². The Morgan fingerprint density at radius 2 is 1.55 bits per heavy atom. The van der Waals surface area contributed by atoms with E-state index in [1.165, 1.54) is 49.8 Å². The lowest BCUT2D eigenvalue weighted by Crippen LogP contribution is -2.56. The van der Waals surface area contributed by atoms with E-state index in [-0.39, 0.29) is 5.91 Å². The Labute approximate surface area is 242 Å². The molecule has 2 saturated heterocycles. The molecule has 1 amide bonds. The van der Waals surface area contributed by atoms with Crippen LogP contribution < -0.4 is 15.0 Å². The molecule has 2 heterocycles. The molecule has 218 valence electrons. The van der Waals surface area contributed by atoms with E-state index in [9.17, 15) is 4.79 Å². The van der Waals surface area contributed by atoms with Crippen LogP contribution in [-0.2, 0) is 11.3 Å². The molecule has 6 nitrogen and oxygen atoms in total. The summed E-state index contributed by atoms with van der Waals surface area (Å²) in [5.41, 5.74) is 2.58. The summed E-state index contributed by atoms with van der Waals surface area (Å²) >= 11 is 0. The summed E-state index contributed by atoms with van der Waals surface area (Å²) in [7, 11) is 1.76.